The van der Waals surface area contributed by atoms with Crippen LogP contribution in [-0.2, 0) is 4.79 Å². The van der Waals surface area contributed by atoms with Gasteiger partial charge < -0.3 is 20.3 Å². The number of benzene rings is 2. The summed E-state index contributed by atoms with van der Waals surface area (Å²) in [4.78, 5) is 18.4. The molecular formula is C21H28N4O2. The van der Waals surface area contributed by atoms with Crippen molar-refractivity contribution in [2.75, 3.05) is 39.3 Å². The van der Waals surface area contributed by atoms with Gasteiger partial charge in [0.05, 0.1) is 6.54 Å². The van der Waals surface area contributed by atoms with Gasteiger partial charge >= 0.3 is 0 Å². The molecule has 0 aliphatic carbocycles. The molecule has 0 unspecified atom stereocenters. The predicted octanol–water partition coefficient (Wildman–Crippen LogP) is 2.40. The van der Waals surface area contributed by atoms with Gasteiger partial charge in [-0.15, -0.1) is 0 Å². The van der Waals surface area contributed by atoms with E-state index in [1.165, 1.54) is 5.39 Å². The van der Waals surface area contributed by atoms with Crippen LogP contribution in [0.25, 0.3) is 10.8 Å². The Morgan fingerprint density at radius 1 is 1.11 bits per heavy atom. The molecular weight excluding hydrogens is 340 g/mol. The van der Waals surface area contributed by atoms with Crippen LogP contribution >= 0.6 is 0 Å². The molecule has 1 aliphatic heterocycles. The number of carbonyl (C=O) groups is 1. The third-order valence-electron chi connectivity index (χ3n) is 4.58. The van der Waals surface area contributed by atoms with E-state index in [9.17, 15) is 4.79 Å². The average molecular weight is 368 g/mol. The minimum Gasteiger partial charge on any atom is -0.491 e. The minimum atomic E-state index is 0.0942. The molecule has 6 heteroatoms. The molecule has 0 spiro atoms. The number of fused-ring (bicyclic) bond motifs is 1. The zero-order valence-electron chi connectivity index (χ0n) is 15.9. The summed E-state index contributed by atoms with van der Waals surface area (Å²) in [6, 6.07) is 14.2. The minimum absolute atomic E-state index is 0.0942. The predicted molar refractivity (Wildman–Crippen MR) is 109 cm³/mol. The van der Waals surface area contributed by atoms with Crippen molar-refractivity contribution in [2.45, 2.75) is 19.8 Å². The van der Waals surface area contributed by atoms with Crippen LogP contribution in [0.15, 0.2) is 47.5 Å². The molecule has 1 fully saturated rings. The second-order valence-corrected chi connectivity index (χ2v) is 6.54. The fourth-order valence-electron chi connectivity index (χ4n) is 3.21. The second kappa shape index (κ2) is 9.80. The van der Waals surface area contributed by atoms with Gasteiger partial charge in [-0.1, -0.05) is 36.4 Å². The number of nitrogens with zero attached hydrogens (tertiary/aromatic N) is 2. The standard InChI is InChI=1S/C21H28N4O2/c1-2-22-21(24-16-20(26)25-13-5-6-14-25)23-12-15-27-19-11-7-9-17-8-3-4-10-18(17)19/h3-4,7-11H,2,5-6,12-16H2,1H3,(H2,22,23,24). The van der Waals surface area contributed by atoms with Crippen LogP contribution in [0.1, 0.15) is 19.8 Å². The Balaban J connectivity index is 1.49. The highest BCUT2D eigenvalue weighted by Gasteiger charge is 2.17. The van der Waals surface area contributed by atoms with E-state index in [0.717, 1.165) is 43.6 Å². The fraction of sp³-hybridized carbons (Fsp3) is 0.429. The highest BCUT2D eigenvalue weighted by molar-refractivity contribution is 5.88. The van der Waals surface area contributed by atoms with Gasteiger partial charge in [0.15, 0.2) is 5.96 Å². The summed E-state index contributed by atoms with van der Waals surface area (Å²) in [5.41, 5.74) is 0. The monoisotopic (exact) mass is 368 g/mol. The van der Waals surface area contributed by atoms with Crippen molar-refractivity contribution >= 4 is 22.6 Å². The maximum Gasteiger partial charge on any atom is 0.244 e. The molecule has 2 aromatic carbocycles. The number of ether oxygens (including phenoxy) is 1. The summed E-state index contributed by atoms with van der Waals surface area (Å²) in [5, 5.41) is 8.67. The summed E-state index contributed by atoms with van der Waals surface area (Å²) in [6.07, 6.45) is 2.19. The van der Waals surface area contributed by atoms with Gasteiger partial charge in [-0.3, -0.25) is 4.79 Å². The quantitative estimate of drug-likeness (QED) is 0.447. The van der Waals surface area contributed by atoms with Crippen LogP contribution in [0.4, 0.5) is 0 Å². The molecule has 144 valence electrons. The summed E-state index contributed by atoms with van der Waals surface area (Å²) in [6.45, 7) is 5.76. The Hall–Kier alpha value is -2.76. The normalized spacial score (nSPS) is 14.4. The largest absolute Gasteiger partial charge is 0.491 e. The van der Waals surface area contributed by atoms with Gasteiger partial charge in [0.2, 0.25) is 5.91 Å². The van der Waals surface area contributed by atoms with E-state index >= 15 is 0 Å². The number of hydrogen-bond donors (Lipinski definition) is 2. The Bertz CT molecular complexity index is 779. The Labute approximate surface area is 160 Å². The van der Waals surface area contributed by atoms with Gasteiger partial charge in [-0.25, -0.2) is 4.99 Å². The van der Waals surface area contributed by atoms with E-state index in [2.05, 4.69) is 33.8 Å². The third kappa shape index (κ3) is 5.36. The number of nitrogens with one attached hydrogen (secondary N) is 2. The van der Waals surface area contributed by atoms with Crippen molar-refractivity contribution in [1.29, 1.82) is 0 Å². The lowest BCUT2D eigenvalue weighted by Gasteiger charge is -2.15. The summed E-state index contributed by atoms with van der Waals surface area (Å²) in [5.74, 6) is 1.62. The molecule has 0 bridgehead atoms. The van der Waals surface area contributed by atoms with Crippen molar-refractivity contribution in [3.05, 3.63) is 42.5 Å². The second-order valence-electron chi connectivity index (χ2n) is 6.54. The topological polar surface area (TPSA) is 66.0 Å². The van der Waals surface area contributed by atoms with Crippen molar-refractivity contribution in [3.8, 4) is 5.75 Å². The fourth-order valence-corrected chi connectivity index (χ4v) is 3.21. The van der Waals surface area contributed by atoms with E-state index in [0.29, 0.717) is 19.1 Å². The Kier molecular flexibility index (Phi) is 6.90. The van der Waals surface area contributed by atoms with Gasteiger partial charge in [-0.05, 0) is 31.2 Å². The Morgan fingerprint density at radius 2 is 1.89 bits per heavy atom. The van der Waals surface area contributed by atoms with Crippen LogP contribution in [0.3, 0.4) is 0 Å². The highest BCUT2D eigenvalue weighted by atomic mass is 16.5. The zero-order chi connectivity index (χ0) is 18.9. The zero-order valence-corrected chi connectivity index (χ0v) is 15.9. The summed E-state index contributed by atoms with van der Waals surface area (Å²) < 4.78 is 5.93. The smallest absolute Gasteiger partial charge is 0.244 e. The highest BCUT2D eigenvalue weighted by Crippen LogP contribution is 2.24. The lowest BCUT2D eigenvalue weighted by Crippen LogP contribution is -2.40. The van der Waals surface area contributed by atoms with Gasteiger partial charge in [0.1, 0.15) is 18.9 Å². The van der Waals surface area contributed by atoms with Crippen LogP contribution in [0.5, 0.6) is 5.75 Å². The molecule has 1 aliphatic rings. The molecule has 2 aromatic rings. The van der Waals surface area contributed by atoms with Crippen LogP contribution < -0.4 is 15.4 Å². The molecule has 3 rings (SSSR count). The average Bonchev–Trinajstić information content (AvgIpc) is 3.24. The molecule has 1 saturated heterocycles. The SMILES string of the molecule is CCNC(=NCC(=O)N1CCCC1)NCCOc1cccc2ccccc12. The number of guanidine groups is 1. The molecule has 1 heterocycles. The third-order valence-corrected chi connectivity index (χ3v) is 4.58. The molecule has 1 amide bonds. The maximum absolute atomic E-state index is 12.1. The van der Waals surface area contributed by atoms with E-state index in [1.807, 2.05) is 36.1 Å². The first kappa shape index (κ1) is 19.0. The molecule has 27 heavy (non-hydrogen) atoms. The number of amides is 1. The lowest BCUT2D eigenvalue weighted by molar-refractivity contribution is -0.128. The van der Waals surface area contributed by atoms with Crippen LogP contribution in [0.2, 0.25) is 0 Å². The van der Waals surface area contributed by atoms with Gasteiger partial charge in [0, 0.05) is 25.0 Å². The Morgan fingerprint density at radius 3 is 2.70 bits per heavy atom. The first-order chi connectivity index (χ1) is 13.3. The molecule has 0 aromatic heterocycles. The molecule has 0 atom stereocenters. The van der Waals surface area contributed by atoms with Crippen molar-refractivity contribution < 1.29 is 9.53 Å². The maximum atomic E-state index is 12.1. The number of hydrogen-bond acceptors (Lipinski definition) is 3. The summed E-state index contributed by atoms with van der Waals surface area (Å²) >= 11 is 0. The van der Waals surface area contributed by atoms with E-state index in [-0.39, 0.29) is 12.5 Å². The molecule has 2 N–H and O–H groups in total. The summed E-state index contributed by atoms with van der Waals surface area (Å²) in [7, 11) is 0. The first-order valence-electron chi connectivity index (χ1n) is 9.68. The number of rotatable bonds is 7. The lowest BCUT2D eigenvalue weighted by atomic mass is 10.1. The number of aliphatic imine (C=N–C) groups is 1. The van der Waals surface area contributed by atoms with Crippen molar-refractivity contribution in [3.63, 3.8) is 0 Å². The first-order valence-corrected chi connectivity index (χ1v) is 9.68. The van der Waals surface area contributed by atoms with E-state index in [4.69, 9.17) is 4.74 Å². The van der Waals surface area contributed by atoms with Crippen LogP contribution in [0, 0.1) is 0 Å². The van der Waals surface area contributed by atoms with Gasteiger partial charge in [-0.2, -0.15) is 0 Å². The van der Waals surface area contributed by atoms with E-state index in [1.54, 1.807) is 0 Å². The number of carbonyl (C=O) groups excluding carboxylic acids is 1. The molecule has 0 radical (unpaired) electrons. The molecule has 6 nitrogen and oxygen atoms in total. The van der Waals surface area contributed by atoms with Crippen LogP contribution in [-0.4, -0.2) is 56.1 Å². The van der Waals surface area contributed by atoms with E-state index < -0.39 is 0 Å². The van der Waals surface area contributed by atoms with Crippen molar-refractivity contribution in [1.82, 2.24) is 15.5 Å². The number of likely N-dealkylation sites (tertiary alicyclic amines) is 1. The van der Waals surface area contributed by atoms with Gasteiger partial charge in [0.25, 0.3) is 0 Å². The van der Waals surface area contributed by atoms with Crippen molar-refractivity contribution in [2.24, 2.45) is 4.99 Å². The molecule has 0 saturated carbocycles.